The van der Waals surface area contributed by atoms with E-state index >= 15 is 0 Å². The first-order chi connectivity index (χ1) is 10.5. The standard InChI is InChI=1S/C16H17NO5.ClH/c1-9-11-5-6-12-15(20-8-7-19-12)14(11)22-13(9)16(18)21-10(2)17(3)4;/h5-8,10H,1-4H3;1H. The fourth-order valence-corrected chi connectivity index (χ4v) is 2.15. The molecule has 0 saturated heterocycles. The number of ether oxygens (including phenoxy) is 3. The van der Waals surface area contributed by atoms with Gasteiger partial charge < -0.3 is 18.6 Å². The predicted octanol–water partition coefficient (Wildman–Crippen LogP) is 3.47. The summed E-state index contributed by atoms with van der Waals surface area (Å²) in [4.78, 5) is 14.1. The second-order valence-electron chi connectivity index (χ2n) is 5.30. The molecule has 0 radical (unpaired) electrons. The van der Waals surface area contributed by atoms with Gasteiger partial charge in [-0.25, -0.2) is 4.79 Å². The number of benzene rings is 1. The van der Waals surface area contributed by atoms with E-state index in [1.807, 2.05) is 27.1 Å². The Morgan fingerprint density at radius 2 is 1.91 bits per heavy atom. The van der Waals surface area contributed by atoms with Gasteiger partial charge in [0.2, 0.25) is 11.5 Å². The summed E-state index contributed by atoms with van der Waals surface area (Å²) in [6, 6.07) is 3.61. The molecule has 1 aliphatic rings. The highest BCUT2D eigenvalue weighted by Gasteiger charge is 2.25. The Morgan fingerprint density at radius 1 is 1.22 bits per heavy atom. The highest BCUT2D eigenvalue weighted by molar-refractivity contribution is 5.98. The van der Waals surface area contributed by atoms with E-state index in [2.05, 4.69) is 0 Å². The minimum atomic E-state index is -0.504. The van der Waals surface area contributed by atoms with Crippen LogP contribution in [0.15, 0.2) is 29.1 Å². The molecule has 0 N–H and O–H groups in total. The number of halogens is 1. The van der Waals surface area contributed by atoms with Crippen LogP contribution < -0.4 is 9.47 Å². The molecule has 0 spiro atoms. The zero-order chi connectivity index (χ0) is 15.9. The summed E-state index contributed by atoms with van der Waals surface area (Å²) in [5, 5.41) is 0.794. The number of rotatable bonds is 3. The van der Waals surface area contributed by atoms with E-state index in [-0.39, 0.29) is 24.4 Å². The summed E-state index contributed by atoms with van der Waals surface area (Å²) in [6.07, 6.45) is 2.51. The third-order valence-electron chi connectivity index (χ3n) is 3.65. The van der Waals surface area contributed by atoms with Crippen molar-refractivity contribution in [1.82, 2.24) is 4.90 Å². The lowest BCUT2D eigenvalue weighted by Gasteiger charge is -2.19. The van der Waals surface area contributed by atoms with Crippen LogP contribution in [0, 0.1) is 6.92 Å². The van der Waals surface area contributed by atoms with Gasteiger partial charge in [0, 0.05) is 10.9 Å². The molecule has 6 nitrogen and oxygen atoms in total. The zero-order valence-electron chi connectivity index (χ0n) is 13.3. The fourth-order valence-electron chi connectivity index (χ4n) is 2.15. The number of aryl methyl sites for hydroxylation is 1. The van der Waals surface area contributed by atoms with Crippen molar-refractivity contribution >= 4 is 29.3 Å². The van der Waals surface area contributed by atoms with E-state index in [1.165, 1.54) is 12.5 Å². The molecular formula is C16H18ClNO5. The van der Waals surface area contributed by atoms with Crippen molar-refractivity contribution in [3.05, 3.63) is 36.0 Å². The van der Waals surface area contributed by atoms with E-state index in [0.29, 0.717) is 22.6 Å². The first-order valence-electron chi connectivity index (χ1n) is 6.91. The molecule has 0 amide bonds. The number of carbonyl (C=O) groups is 1. The van der Waals surface area contributed by atoms with Crippen LogP contribution >= 0.6 is 12.4 Å². The molecule has 1 aromatic heterocycles. The Kier molecular flexibility index (Phi) is 4.87. The zero-order valence-corrected chi connectivity index (χ0v) is 14.1. The topological polar surface area (TPSA) is 61.1 Å². The van der Waals surface area contributed by atoms with Gasteiger partial charge in [-0.15, -0.1) is 12.4 Å². The van der Waals surface area contributed by atoms with E-state index < -0.39 is 5.97 Å². The van der Waals surface area contributed by atoms with Crippen molar-refractivity contribution in [3.63, 3.8) is 0 Å². The van der Waals surface area contributed by atoms with Gasteiger partial charge in [-0.3, -0.25) is 4.90 Å². The largest absolute Gasteiger partial charge is 0.458 e. The summed E-state index contributed by atoms with van der Waals surface area (Å²) in [6.45, 7) is 3.61. The minimum Gasteiger partial charge on any atom is -0.458 e. The molecule has 0 bridgehead atoms. The van der Waals surface area contributed by atoms with Crippen molar-refractivity contribution < 1.29 is 23.4 Å². The van der Waals surface area contributed by atoms with Crippen molar-refractivity contribution in [2.24, 2.45) is 0 Å². The monoisotopic (exact) mass is 339 g/mol. The van der Waals surface area contributed by atoms with Crippen LogP contribution in [-0.4, -0.2) is 31.2 Å². The summed E-state index contributed by atoms with van der Waals surface area (Å²) >= 11 is 0. The molecule has 2 aromatic rings. The summed E-state index contributed by atoms with van der Waals surface area (Å²) < 4.78 is 21.9. The van der Waals surface area contributed by atoms with Gasteiger partial charge in [-0.2, -0.15) is 0 Å². The minimum absolute atomic E-state index is 0. The quantitative estimate of drug-likeness (QED) is 0.630. The Balaban J connectivity index is 0.00000192. The maximum absolute atomic E-state index is 12.3. The molecule has 0 saturated carbocycles. The number of esters is 1. The van der Waals surface area contributed by atoms with Gasteiger partial charge in [-0.1, -0.05) is 0 Å². The third kappa shape index (κ3) is 3.00. The lowest BCUT2D eigenvalue weighted by atomic mass is 10.1. The number of fused-ring (bicyclic) bond motifs is 3. The number of furan rings is 1. The van der Waals surface area contributed by atoms with Crippen LogP contribution in [-0.2, 0) is 4.74 Å². The van der Waals surface area contributed by atoms with Crippen LogP contribution in [0.1, 0.15) is 23.0 Å². The fraction of sp³-hybridized carbons (Fsp3) is 0.312. The van der Waals surface area contributed by atoms with Gasteiger partial charge in [0.1, 0.15) is 12.5 Å². The van der Waals surface area contributed by atoms with Crippen molar-refractivity contribution in [2.75, 3.05) is 14.1 Å². The first kappa shape index (κ1) is 17.2. The molecule has 23 heavy (non-hydrogen) atoms. The lowest BCUT2D eigenvalue weighted by molar-refractivity contribution is -0.00827. The normalized spacial score (nSPS) is 13.8. The summed E-state index contributed by atoms with van der Waals surface area (Å²) in [7, 11) is 3.66. The van der Waals surface area contributed by atoms with Gasteiger partial charge in [0.05, 0.1) is 0 Å². The SMILES string of the molecule is Cc1c(C(=O)OC(C)N(C)C)oc2c3c(ccc12)OC=CO3.Cl. The van der Waals surface area contributed by atoms with Crippen LogP contribution in [0.5, 0.6) is 11.5 Å². The first-order valence-corrected chi connectivity index (χ1v) is 6.91. The molecule has 0 aliphatic carbocycles. The van der Waals surface area contributed by atoms with Crippen LogP contribution in [0.3, 0.4) is 0 Å². The molecule has 1 aromatic carbocycles. The van der Waals surface area contributed by atoms with Crippen molar-refractivity contribution in [1.29, 1.82) is 0 Å². The average molecular weight is 340 g/mol. The molecule has 1 atom stereocenters. The maximum Gasteiger partial charge on any atom is 0.376 e. The van der Waals surface area contributed by atoms with E-state index in [1.54, 1.807) is 17.9 Å². The number of carbonyl (C=O) groups excluding carboxylic acids is 1. The second kappa shape index (κ2) is 6.52. The van der Waals surface area contributed by atoms with E-state index in [9.17, 15) is 4.79 Å². The Bertz CT molecular complexity index is 765. The Labute approximate surface area is 140 Å². The molecule has 124 valence electrons. The average Bonchev–Trinajstić information content (AvgIpc) is 2.85. The maximum atomic E-state index is 12.3. The van der Waals surface area contributed by atoms with Gasteiger partial charge >= 0.3 is 5.97 Å². The van der Waals surface area contributed by atoms with Crippen LogP contribution in [0.2, 0.25) is 0 Å². The molecule has 2 heterocycles. The summed E-state index contributed by atoms with van der Waals surface area (Å²) in [5.41, 5.74) is 1.19. The van der Waals surface area contributed by atoms with Gasteiger partial charge in [-0.05, 0) is 40.1 Å². The summed E-state index contributed by atoms with van der Waals surface area (Å²) in [5.74, 6) is 0.680. The molecule has 7 heteroatoms. The molecule has 0 fully saturated rings. The highest BCUT2D eigenvalue weighted by atomic mass is 35.5. The predicted molar refractivity (Wildman–Crippen MR) is 87.2 cm³/mol. The van der Waals surface area contributed by atoms with E-state index in [4.69, 9.17) is 18.6 Å². The van der Waals surface area contributed by atoms with E-state index in [0.717, 1.165) is 5.39 Å². The Hall–Kier alpha value is -2.18. The molecule has 1 aliphatic heterocycles. The Morgan fingerprint density at radius 3 is 2.61 bits per heavy atom. The molecule has 1 unspecified atom stereocenters. The number of nitrogens with zero attached hydrogens (tertiary/aromatic N) is 1. The smallest absolute Gasteiger partial charge is 0.376 e. The van der Waals surface area contributed by atoms with Crippen molar-refractivity contribution in [3.8, 4) is 11.5 Å². The van der Waals surface area contributed by atoms with Crippen LogP contribution in [0.4, 0.5) is 0 Å². The number of hydrogen-bond donors (Lipinski definition) is 0. The second-order valence-corrected chi connectivity index (χ2v) is 5.30. The van der Waals surface area contributed by atoms with Crippen LogP contribution in [0.25, 0.3) is 11.0 Å². The van der Waals surface area contributed by atoms with Gasteiger partial charge in [0.15, 0.2) is 17.6 Å². The van der Waals surface area contributed by atoms with Crippen molar-refractivity contribution in [2.45, 2.75) is 20.1 Å². The molecular weight excluding hydrogens is 322 g/mol. The van der Waals surface area contributed by atoms with Gasteiger partial charge in [0.25, 0.3) is 0 Å². The third-order valence-corrected chi connectivity index (χ3v) is 3.65. The number of hydrogen-bond acceptors (Lipinski definition) is 6. The highest BCUT2D eigenvalue weighted by Crippen LogP contribution is 2.41. The molecule has 3 rings (SSSR count). The lowest BCUT2D eigenvalue weighted by Crippen LogP contribution is -2.30.